The van der Waals surface area contributed by atoms with Gasteiger partial charge in [0.15, 0.2) is 5.54 Å². The summed E-state index contributed by atoms with van der Waals surface area (Å²) in [6.07, 6.45) is 15.4. The minimum absolute atomic E-state index is 0.0452. The van der Waals surface area contributed by atoms with Crippen LogP contribution in [0.4, 0.5) is 4.79 Å². The van der Waals surface area contributed by atoms with E-state index in [1.165, 1.54) is 76.2 Å². The van der Waals surface area contributed by atoms with Crippen LogP contribution in [-0.2, 0) is 51.4 Å². The molecule has 1 N–H and O–H groups in total. The first-order valence-electron chi connectivity index (χ1n) is 23.5. The van der Waals surface area contributed by atoms with E-state index in [0.717, 1.165) is 53.5 Å². The van der Waals surface area contributed by atoms with Gasteiger partial charge in [-0.3, -0.25) is 14.5 Å². The van der Waals surface area contributed by atoms with Gasteiger partial charge in [-0.1, -0.05) is 183 Å². The number of alkyl carbamates (subject to hydrolysis) is 1. The van der Waals surface area contributed by atoms with Crippen molar-refractivity contribution in [3.05, 3.63) is 95.1 Å². The van der Waals surface area contributed by atoms with E-state index in [4.69, 9.17) is 24.0 Å². The molecule has 10 heteroatoms. The molecule has 2 aliphatic rings. The molecule has 1 aliphatic heterocycles. The maximum atomic E-state index is 13.8. The van der Waals surface area contributed by atoms with E-state index in [1.54, 1.807) is 27.7 Å². The average molecular weight is 854 g/mol. The third-order valence-corrected chi connectivity index (χ3v) is 12.8. The second kappa shape index (κ2) is 24.8. The Morgan fingerprint density at radius 3 is 1.97 bits per heavy atom. The normalized spacial score (nSPS) is 18.0. The highest BCUT2D eigenvalue weighted by Gasteiger charge is 2.59. The van der Waals surface area contributed by atoms with Crippen molar-refractivity contribution in [3.8, 4) is 11.1 Å². The summed E-state index contributed by atoms with van der Waals surface area (Å²) < 4.78 is 17.7. The van der Waals surface area contributed by atoms with Gasteiger partial charge in [-0.25, -0.2) is 9.59 Å². The lowest BCUT2D eigenvalue weighted by molar-refractivity contribution is -0.267. The molecule has 1 fully saturated rings. The molecular weight excluding hydrogens is 783 g/mol. The molecule has 0 spiro atoms. The highest BCUT2D eigenvalue weighted by atomic mass is 17.2. The zero-order valence-electron chi connectivity index (χ0n) is 37.9. The molecule has 338 valence electrons. The quantitative estimate of drug-likeness (QED) is 0.0270. The van der Waals surface area contributed by atoms with Crippen LogP contribution in [0.2, 0.25) is 0 Å². The smallest absolute Gasteiger partial charge is 0.408 e. The Morgan fingerprint density at radius 2 is 1.32 bits per heavy atom. The topological polar surface area (TPSA) is 126 Å². The van der Waals surface area contributed by atoms with Crippen LogP contribution < -0.4 is 5.32 Å². The monoisotopic (exact) mass is 854 g/mol. The van der Waals surface area contributed by atoms with Gasteiger partial charge in [0.1, 0.15) is 24.9 Å². The van der Waals surface area contributed by atoms with Crippen LogP contribution in [0.3, 0.4) is 0 Å². The van der Waals surface area contributed by atoms with Gasteiger partial charge in [0.2, 0.25) is 0 Å². The number of rotatable bonds is 27. The Labute approximate surface area is 370 Å². The van der Waals surface area contributed by atoms with Crippen molar-refractivity contribution < 1.29 is 43.2 Å². The van der Waals surface area contributed by atoms with E-state index in [0.29, 0.717) is 6.42 Å². The number of amides is 1. The molecule has 3 aromatic carbocycles. The molecule has 1 heterocycles. The molecule has 62 heavy (non-hydrogen) atoms. The number of fused-ring (bicyclic) bond motifs is 3. The lowest BCUT2D eigenvalue weighted by atomic mass is 9.78. The second-order valence-corrected chi connectivity index (χ2v) is 17.7. The Kier molecular flexibility index (Phi) is 19.3. The molecule has 1 aliphatic carbocycles. The summed E-state index contributed by atoms with van der Waals surface area (Å²) in [6, 6.07) is 23.5. The van der Waals surface area contributed by atoms with E-state index in [1.807, 2.05) is 54.6 Å². The number of carbonyl (C=O) groups excluding carboxylic acids is 4. The highest BCUT2D eigenvalue weighted by Crippen LogP contribution is 2.41. The number of hydrogen-bond donors (Lipinski definition) is 1. The van der Waals surface area contributed by atoms with Crippen molar-refractivity contribution in [2.24, 2.45) is 11.8 Å². The first-order chi connectivity index (χ1) is 30.0. The molecule has 0 aromatic heterocycles. The van der Waals surface area contributed by atoms with Crippen molar-refractivity contribution in [2.75, 3.05) is 0 Å². The minimum atomic E-state index is -1.71. The van der Waals surface area contributed by atoms with Gasteiger partial charge < -0.3 is 19.5 Å². The molecule has 0 saturated carbocycles. The number of unbranched alkanes of at least 4 members (excludes halogenated alkanes) is 14. The van der Waals surface area contributed by atoms with Crippen LogP contribution in [0.15, 0.2) is 72.8 Å². The van der Waals surface area contributed by atoms with Gasteiger partial charge >= 0.3 is 24.0 Å². The molecule has 10 nitrogen and oxygen atoms in total. The standard InChI is InChI=1S/C52H71NO9/c1-6-7-8-9-10-11-12-13-14-15-16-17-18-19-23-33-48(54)60-46(38(4)49(55)58-36-40-27-21-20-22-28-40)35-47-52(37(2)3,50(56)62-61-47)53-51(57)59-39(5)42-31-26-32-44-43-30-25-24-29-41(43)34-45(42)44/h20-22,24-32,37-39,46-47H,6-19,23,33-36H2,1-5H3,(H,53,57)/t38?,39?,46?,47?,52-/m1/s1. The first-order valence-corrected chi connectivity index (χ1v) is 23.5. The lowest BCUT2D eigenvalue weighted by Crippen LogP contribution is -2.63. The number of hydrogen-bond acceptors (Lipinski definition) is 9. The molecule has 5 rings (SSSR count). The maximum Gasteiger partial charge on any atom is 0.408 e. The summed E-state index contributed by atoms with van der Waals surface area (Å²) >= 11 is 0. The molecule has 5 atom stereocenters. The first kappa shape index (κ1) is 48.3. The van der Waals surface area contributed by atoms with Crippen LogP contribution >= 0.6 is 0 Å². The highest BCUT2D eigenvalue weighted by molar-refractivity contribution is 5.88. The van der Waals surface area contributed by atoms with Gasteiger partial charge in [0, 0.05) is 12.8 Å². The van der Waals surface area contributed by atoms with Gasteiger partial charge in [-0.05, 0) is 66.0 Å². The van der Waals surface area contributed by atoms with E-state index in [2.05, 4.69) is 30.4 Å². The van der Waals surface area contributed by atoms with Crippen LogP contribution in [0, 0.1) is 11.8 Å². The number of benzene rings is 3. The fourth-order valence-electron chi connectivity index (χ4n) is 8.92. The largest absolute Gasteiger partial charge is 0.461 e. The number of esters is 2. The van der Waals surface area contributed by atoms with Crippen molar-refractivity contribution >= 4 is 24.0 Å². The van der Waals surface area contributed by atoms with Crippen LogP contribution in [0.25, 0.3) is 11.1 Å². The van der Waals surface area contributed by atoms with Crippen molar-refractivity contribution in [1.29, 1.82) is 0 Å². The molecule has 1 saturated heterocycles. The van der Waals surface area contributed by atoms with Crippen molar-refractivity contribution in [3.63, 3.8) is 0 Å². The minimum Gasteiger partial charge on any atom is -0.461 e. The molecule has 4 unspecified atom stereocenters. The number of carbonyl (C=O) groups is 4. The number of ether oxygens (including phenoxy) is 3. The maximum absolute atomic E-state index is 13.8. The fourth-order valence-corrected chi connectivity index (χ4v) is 8.92. The lowest BCUT2D eigenvalue weighted by Gasteiger charge is -2.35. The second-order valence-electron chi connectivity index (χ2n) is 17.7. The predicted octanol–water partition coefficient (Wildman–Crippen LogP) is 12.2. The van der Waals surface area contributed by atoms with E-state index >= 15 is 0 Å². The third kappa shape index (κ3) is 13.4. The van der Waals surface area contributed by atoms with Gasteiger partial charge in [-0.2, -0.15) is 4.89 Å². The average Bonchev–Trinajstić information content (AvgIpc) is 3.80. The van der Waals surface area contributed by atoms with Crippen molar-refractivity contribution in [1.82, 2.24) is 5.32 Å². The molecule has 0 bridgehead atoms. The van der Waals surface area contributed by atoms with Gasteiger partial charge in [0.05, 0.1) is 5.92 Å². The summed E-state index contributed by atoms with van der Waals surface area (Å²) in [5.74, 6) is -3.30. The number of nitrogens with one attached hydrogen (secondary N) is 1. The summed E-state index contributed by atoms with van der Waals surface area (Å²) in [5, 5.41) is 2.82. The van der Waals surface area contributed by atoms with E-state index in [-0.39, 0.29) is 19.4 Å². The molecule has 1 amide bonds. The van der Waals surface area contributed by atoms with E-state index in [9.17, 15) is 19.2 Å². The van der Waals surface area contributed by atoms with Crippen LogP contribution in [0.1, 0.15) is 172 Å². The Balaban J connectivity index is 1.17. The van der Waals surface area contributed by atoms with Gasteiger partial charge in [0.25, 0.3) is 0 Å². The van der Waals surface area contributed by atoms with Crippen LogP contribution in [-0.4, -0.2) is 41.7 Å². The molecule has 0 radical (unpaired) electrons. The predicted molar refractivity (Wildman–Crippen MR) is 241 cm³/mol. The van der Waals surface area contributed by atoms with Gasteiger partial charge in [-0.15, -0.1) is 0 Å². The Bertz CT molecular complexity index is 1880. The summed E-state index contributed by atoms with van der Waals surface area (Å²) in [6.45, 7) is 9.27. The SMILES string of the molecule is CCCCCCCCCCCCCCCCCC(=O)OC(CC1OOC(=O)[C@@]1(NC(=O)OC(C)c1cccc2c1Cc1ccccc1-2)C(C)C)C(C)C(=O)OCc1ccccc1. The molecule has 3 aromatic rings. The summed E-state index contributed by atoms with van der Waals surface area (Å²) in [5.41, 5.74) is 4.55. The zero-order chi connectivity index (χ0) is 44.3. The van der Waals surface area contributed by atoms with Crippen LogP contribution in [0.5, 0.6) is 0 Å². The molecular formula is C52H71NO9. The third-order valence-electron chi connectivity index (χ3n) is 12.8. The van der Waals surface area contributed by atoms with E-state index < -0.39 is 59.7 Å². The summed E-state index contributed by atoms with van der Waals surface area (Å²) in [7, 11) is 0. The Hall–Kier alpha value is -4.70. The zero-order valence-corrected chi connectivity index (χ0v) is 37.9. The summed E-state index contributed by atoms with van der Waals surface area (Å²) in [4.78, 5) is 65.2. The Morgan fingerprint density at radius 1 is 0.726 bits per heavy atom. The fraction of sp³-hybridized carbons (Fsp3) is 0.577. The van der Waals surface area contributed by atoms with Crippen molar-refractivity contribution in [2.45, 2.75) is 181 Å².